The largest absolute Gasteiger partial charge is 0.496 e. The number of benzene rings is 1. The summed E-state index contributed by atoms with van der Waals surface area (Å²) in [4.78, 5) is 22.9. The first kappa shape index (κ1) is 11.6. The summed E-state index contributed by atoms with van der Waals surface area (Å²) in [6.45, 7) is 2.05. The molecule has 1 unspecified atom stereocenters. The van der Waals surface area contributed by atoms with Crippen LogP contribution in [-0.4, -0.2) is 18.9 Å². The van der Waals surface area contributed by atoms with Crippen LogP contribution in [0.2, 0.25) is 0 Å². The third-order valence-corrected chi connectivity index (χ3v) is 3.05. The Hall–Kier alpha value is -1.84. The number of aryl methyl sites for hydroxylation is 1. The summed E-state index contributed by atoms with van der Waals surface area (Å²) in [6, 6.07) is 5.77. The number of nitrogens with one attached hydrogen (secondary N) is 1. The van der Waals surface area contributed by atoms with Gasteiger partial charge in [-0.25, -0.2) is 0 Å². The lowest BCUT2D eigenvalue weighted by Crippen LogP contribution is -2.21. The zero-order valence-corrected chi connectivity index (χ0v) is 9.95. The van der Waals surface area contributed by atoms with E-state index < -0.39 is 5.92 Å². The highest BCUT2D eigenvalue weighted by Gasteiger charge is 2.33. The van der Waals surface area contributed by atoms with Crippen LogP contribution in [0.25, 0.3) is 0 Å². The molecule has 1 N–H and O–H groups in total. The quantitative estimate of drug-likeness (QED) is 0.803. The van der Waals surface area contributed by atoms with Crippen molar-refractivity contribution >= 4 is 11.8 Å². The summed E-state index contributed by atoms with van der Waals surface area (Å²) >= 11 is 0. The third kappa shape index (κ3) is 2.16. The van der Waals surface area contributed by atoms with Crippen LogP contribution in [0.5, 0.6) is 5.75 Å². The van der Waals surface area contributed by atoms with Crippen molar-refractivity contribution in [3.63, 3.8) is 0 Å². The molecule has 90 valence electrons. The van der Waals surface area contributed by atoms with E-state index >= 15 is 0 Å². The fourth-order valence-electron chi connectivity index (χ4n) is 2.08. The first-order valence-electron chi connectivity index (χ1n) is 5.66. The Bertz CT molecular complexity index is 468. The van der Waals surface area contributed by atoms with E-state index in [2.05, 4.69) is 5.32 Å². The normalized spacial score (nSPS) is 19.3. The molecule has 4 heteroatoms. The monoisotopic (exact) mass is 233 g/mol. The SMILES string of the molecule is CCc1ccc(OC)c(C2CC(=O)NC2=O)c1. The van der Waals surface area contributed by atoms with Gasteiger partial charge in [0.05, 0.1) is 13.0 Å². The Balaban J connectivity index is 2.42. The maximum Gasteiger partial charge on any atom is 0.234 e. The van der Waals surface area contributed by atoms with Crippen LogP contribution < -0.4 is 10.1 Å². The minimum absolute atomic E-state index is 0.211. The van der Waals surface area contributed by atoms with E-state index in [0.717, 1.165) is 17.5 Å². The third-order valence-electron chi connectivity index (χ3n) is 3.05. The maximum atomic E-state index is 11.7. The molecule has 4 nitrogen and oxygen atoms in total. The molecular weight excluding hydrogens is 218 g/mol. The standard InChI is InChI=1S/C13H15NO3/c1-3-8-4-5-11(17-2)9(6-8)10-7-12(15)14-13(10)16/h4-6,10H,3,7H2,1-2H3,(H,14,15,16). The van der Waals surface area contributed by atoms with E-state index in [-0.39, 0.29) is 18.2 Å². The van der Waals surface area contributed by atoms with Gasteiger partial charge in [-0.1, -0.05) is 19.1 Å². The number of carbonyl (C=O) groups is 2. The van der Waals surface area contributed by atoms with E-state index in [1.54, 1.807) is 7.11 Å². The van der Waals surface area contributed by atoms with Crippen molar-refractivity contribution in [1.82, 2.24) is 5.32 Å². The molecule has 1 aliphatic rings. The molecule has 2 rings (SSSR count). The van der Waals surface area contributed by atoms with Gasteiger partial charge in [-0.05, 0) is 18.1 Å². The summed E-state index contributed by atoms with van der Waals surface area (Å²) in [5.74, 6) is -0.202. The average molecular weight is 233 g/mol. The molecule has 1 heterocycles. The number of rotatable bonds is 3. The Morgan fingerprint density at radius 2 is 2.18 bits per heavy atom. The van der Waals surface area contributed by atoms with Gasteiger partial charge in [-0.3, -0.25) is 14.9 Å². The highest BCUT2D eigenvalue weighted by molar-refractivity contribution is 6.06. The van der Waals surface area contributed by atoms with Crippen molar-refractivity contribution < 1.29 is 14.3 Å². The molecule has 1 saturated heterocycles. The van der Waals surface area contributed by atoms with Gasteiger partial charge in [-0.2, -0.15) is 0 Å². The fraction of sp³-hybridized carbons (Fsp3) is 0.385. The van der Waals surface area contributed by atoms with Gasteiger partial charge in [0.2, 0.25) is 11.8 Å². The molecule has 1 aromatic carbocycles. The molecule has 1 atom stereocenters. The Morgan fingerprint density at radius 1 is 1.41 bits per heavy atom. The molecule has 0 aliphatic carbocycles. The van der Waals surface area contributed by atoms with Crippen LogP contribution in [-0.2, 0) is 16.0 Å². The second-order valence-corrected chi connectivity index (χ2v) is 4.10. The molecule has 0 bridgehead atoms. The number of hydrogen-bond acceptors (Lipinski definition) is 3. The lowest BCUT2D eigenvalue weighted by Gasteiger charge is -2.13. The zero-order chi connectivity index (χ0) is 12.4. The van der Waals surface area contributed by atoms with Gasteiger partial charge in [-0.15, -0.1) is 0 Å². The minimum Gasteiger partial charge on any atom is -0.496 e. The number of imide groups is 1. The number of amides is 2. The van der Waals surface area contributed by atoms with Crippen molar-refractivity contribution in [2.45, 2.75) is 25.7 Å². The van der Waals surface area contributed by atoms with Crippen molar-refractivity contribution in [1.29, 1.82) is 0 Å². The lowest BCUT2D eigenvalue weighted by atomic mass is 9.94. The van der Waals surface area contributed by atoms with Crippen molar-refractivity contribution in [2.24, 2.45) is 0 Å². The molecule has 1 aliphatic heterocycles. The zero-order valence-electron chi connectivity index (χ0n) is 9.95. The van der Waals surface area contributed by atoms with Gasteiger partial charge >= 0.3 is 0 Å². The summed E-state index contributed by atoms with van der Waals surface area (Å²) in [7, 11) is 1.57. The van der Waals surface area contributed by atoms with Gasteiger partial charge in [0, 0.05) is 12.0 Å². The molecule has 0 saturated carbocycles. The molecule has 0 aromatic heterocycles. The molecule has 1 aromatic rings. The number of hydrogen-bond donors (Lipinski definition) is 1. The van der Waals surface area contributed by atoms with Crippen molar-refractivity contribution in [2.75, 3.05) is 7.11 Å². The van der Waals surface area contributed by atoms with Crippen molar-refractivity contribution in [3.05, 3.63) is 29.3 Å². The number of ether oxygens (including phenoxy) is 1. The Morgan fingerprint density at radius 3 is 2.71 bits per heavy atom. The lowest BCUT2D eigenvalue weighted by molar-refractivity contribution is -0.125. The summed E-state index contributed by atoms with van der Waals surface area (Å²) in [5, 5.41) is 2.32. The molecular formula is C13H15NO3. The van der Waals surface area contributed by atoms with Crippen LogP contribution >= 0.6 is 0 Å². The molecule has 0 spiro atoms. The molecule has 2 amide bonds. The van der Waals surface area contributed by atoms with Gasteiger partial charge < -0.3 is 4.74 Å². The summed E-state index contributed by atoms with van der Waals surface area (Å²) in [6.07, 6.45) is 1.10. The number of methoxy groups -OCH3 is 1. The highest BCUT2D eigenvalue weighted by atomic mass is 16.5. The molecule has 0 radical (unpaired) electrons. The summed E-state index contributed by atoms with van der Waals surface area (Å²) in [5.41, 5.74) is 1.93. The second kappa shape index (κ2) is 4.57. The molecule has 17 heavy (non-hydrogen) atoms. The van der Waals surface area contributed by atoms with E-state index in [9.17, 15) is 9.59 Å². The molecule has 1 fully saturated rings. The Labute approximate surface area is 100.0 Å². The fourth-order valence-corrected chi connectivity index (χ4v) is 2.08. The van der Waals surface area contributed by atoms with E-state index in [1.165, 1.54) is 0 Å². The first-order chi connectivity index (χ1) is 8.15. The van der Waals surface area contributed by atoms with E-state index in [1.807, 2.05) is 25.1 Å². The maximum absolute atomic E-state index is 11.7. The Kier molecular flexibility index (Phi) is 3.13. The van der Waals surface area contributed by atoms with Crippen LogP contribution in [0, 0.1) is 0 Å². The topological polar surface area (TPSA) is 55.4 Å². The van der Waals surface area contributed by atoms with Crippen LogP contribution in [0.1, 0.15) is 30.4 Å². The average Bonchev–Trinajstić information content (AvgIpc) is 2.67. The second-order valence-electron chi connectivity index (χ2n) is 4.10. The van der Waals surface area contributed by atoms with Gasteiger partial charge in [0.1, 0.15) is 5.75 Å². The van der Waals surface area contributed by atoms with Gasteiger partial charge in [0.15, 0.2) is 0 Å². The van der Waals surface area contributed by atoms with Crippen LogP contribution in [0.3, 0.4) is 0 Å². The van der Waals surface area contributed by atoms with Crippen LogP contribution in [0.4, 0.5) is 0 Å². The first-order valence-corrected chi connectivity index (χ1v) is 5.66. The van der Waals surface area contributed by atoms with Crippen LogP contribution in [0.15, 0.2) is 18.2 Å². The van der Waals surface area contributed by atoms with Crippen molar-refractivity contribution in [3.8, 4) is 5.75 Å². The predicted octanol–water partition coefficient (Wildman–Crippen LogP) is 1.39. The van der Waals surface area contributed by atoms with E-state index in [0.29, 0.717) is 5.75 Å². The van der Waals surface area contributed by atoms with Gasteiger partial charge in [0.25, 0.3) is 0 Å². The number of carbonyl (C=O) groups excluding carboxylic acids is 2. The smallest absolute Gasteiger partial charge is 0.234 e. The summed E-state index contributed by atoms with van der Waals surface area (Å²) < 4.78 is 5.25. The minimum atomic E-state index is -0.413. The highest BCUT2D eigenvalue weighted by Crippen LogP contribution is 2.32. The van der Waals surface area contributed by atoms with E-state index in [4.69, 9.17) is 4.74 Å². The predicted molar refractivity (Wildman–Crippen MR) is 62.9 cm³/mol.